The molecule has 6 aromatic heterocycles. The smallest absolute Gasteiger partial charge is 0.0963 e. The van der Waals surface area contributed by atoms with Gasteiger partial charge in [-0.25, -0.2) is 4.98 Å². The molecule has 5 aromatic carbocycles. The summed E-state index contributed by atoms with van der Waals surface area (Å²) < 4.78 is 4.70. The van der Waals surface area contributed by atoms with Crippen LogP contribution in [0.3, 0.4) is 0 Å². The summed E-state index contributed by atoms with van der Waals surface area (Å²) in [5, 5.41) is 3.60. The van der Waals surface area contributed by atoms with Gasteiger partial charge in [0.15, 0.2) is 0 Å². The molecule has 0 saturated carbocycles. The largest absolute Gasteiger partial charge is 0.309 e. The number of aromatic nitrogens is 6. The Balaban J connectivity index is 1.04. The molecule has 11 rings (SSSR count). The minimum atomic E-state index is 0.802. The predicted molar refractivity (Wildman–Crippen MR) is 228 cm³/mol. The van der Waals surface area contributed by atoms with Crippen molar-refractivity contribution in [3.8, 4) is 56.4 Å². The van der Waals surface area contributed by atoms with Crippen molar-refractivity contribution in [1.29, 1.82) is 0 Å². The Morgan fingerprint density at radius 1 is 0.304 bits per heavy atom. The van der Waals surface area contributed by atoms with Crippen molar-refractivity contribution < 1.29 is 0 Å². The Bertz CT molecular complexity index is 3160. The van der Waals surface area contributed by atoms with E-state index in [1.54, 1.807) is 12.4 Å². The lowest BCUT2D eigenvalue weighted by atomic mass is 10.0. The van der Waals surface area contributed by atoms with Crippen LogP contribution in [0.4, 0.5) is 0 Å². The molecule has 0 fully saturated rings. The van der Waals surface area contributed by atoms with Crippen molar-refractivity contribution in [3.05, 3.63) is 195 Å². The molecule has 0 unspecified atom stereocenters. The average molecular weight is 717 g/mol. The first kappa shape index (κ1) is 31.8. The van der Waals surface area contributed by atoms with Gasteiger partial charge in [-0.05, 0) is 119 Å². The summed E-state index contributed by atoms with van der Waals surface area (Å²) in [4.78, 5) is 19.0. The maximum absolute atomic E-state index is 4.97. The van der Waals surface area contributed by atoms with Gasteiger partial charge in [0.05, 0.1) is 50.4 Å². The van der Waals surface area contributed by atoms with E-state index < -0.39 is 0 Å². The molecule has 262 valence electrons. The molecule has 0 amide bonds. The third-order valence-electron chi connectivity index (χ3n) is 10.7. The number of hydrogen-bond acceptors (Lipinski definition) is 4. The van der Waals surface area contributed by atoms with E-state index in [0.29, 0.717) is 0 Å². The zero-order chi connectivity index (χ0) is 37.0. The number of rotatable bonds is 6. The van der Waals surface area contributed by atoms with Crippen LogP contribution in [0.15, 0.2) is 195 Å². The van der Waals surface area contributed by atoms with E-state index in [1.807, 2.05) is 48.7 Å². The third-order valence-corrected chi connectivity index (χ3v) is 10.7. The minimum Gasteiger partial charge on any atom is -0.309 e. The first-order chi connectivity index (χ1) is 27.8. The second-order valence-electron chi connectivity index (χ2n) is 14.0. The lowest BCUT2D eigenvalue weighted by Crippen LogP contribution is -1.96. The van der Waals surface area contributed by atoms with Crippen molar-refractivity contribution in [3.63, 3.8) is 0 Å². The second-order valence-corrected chi connectivity index (χ2v) is 14.0. The highest BCUT2D eigenvalue weighted by molar-refractivity contribution is 6.11. The summed E-state index contributed by atoms with van der Waals surface area (Å²) in [6.07, 6.45) is 5.47. The molecular formula is C50H32N6. The molecule has 0 N–H and O–H groups in total. The van der Waals surface area contributed by atoms with Crippen molar-refractivity contribution in [1.82, 2.24) is 29.1 Å². The number of hydrogen-bond donors (Lipinski definition) is 0. The lowest BCUT2D eigenvalue weighted by Gasteiger charge is -2.12. The van der Waals surface area contributed by atoms with Crippen LogP contribution in [-0.2, 0) is 0 Å². The highest BCUT2D eigenvalue weighted by Crippen LogP contribution is 2.38. The van der Waals surface area contributed by atoms with Gasteiger partial charge in [0.1, 0.15) is 0 Å². The molecule has 0 radical (unpaired) electrons. The highest BCUT2D eigenvalue weighted by atomic mass is 15.0. The summed E-state index contributed by atoms with van der Waals surface area (Å²) in [6.45, 7) is 0. The maximum Gasteiger partial charge on any atom is 0.0963 e. The van der Waals surface area contributed by atoms with Crippen molar-refractivity contribution in [2.75, 3.05) is 0 Å². The van der Waals surface area contributed by atoms with Gasteiger partial charge in [-0.2, -0.15) is 0 Å². The van der Waals surface area contributed by atoms with E-state index in [2.05, 4.69) is 153 Å². The molecule has 0 bridgehead atoms. The van der Waals surface area contributed by atoms with Gasteiger partial charge < -0.3 is 9.13 Å². The molecule has 0 atom stereocenters. The van der Waals surface area contributed by atoms with Crippen LogP contribution in [-0.4, -0.2) is 29.1 Å². The first-order valence-corrected chi connectivity index (χ1v) is 18.7. The molecule has 0 spiro atoms. The Labute approximate surface area is 322 Å². The van der Waals surface area contributed by atoms with Crippen molar-refractivity contribution in [2.45, 2.75) is 0 Å². The highest BCUT2D eigenvalue weighted by Gasteiger charge is 2.17. The molecule has 6 heterocycles. The van der Waals surface area contributed by atoms with Gasteiger partial charge in [0, 0.05) is 46.1 Å². The summed E-state index contributed by atoms with van der Waals surface area (Å²) >= 11 is 0. The fourth-order valence-corrected chi connectivity index (χ4v) is 8.09. The maximum atomic E-state index is 4.97. The van der Waals surface area contributed by atoms with E-state index in [4.69, 9.17) is 9.97 Å². The first-order valence-electron chi connectivity index (χ1n) is 18.7. The molecule has 0 aliphatic rings. The van der Waals surface area contributed by atoms with Gasteiger partial charge in [0.25, 0.3) is 0 Å². The Morgan fingerprint density at radius 2 is 0.839 bits per heavy atom. The fraction of sp³-hybridized carbons (Fsp3) is 0. The zero-order valence-electron chi connectivity index (χ0n) is 30.2. The number of nitrogens with zero attached hydrogens (tertiary/aromatic N) is 6. The predicted octanol–water partition coefficient (Wildman–Crippen LogP) is 12.1. The van der Waals surface area contributed by atoms with Gasteiger partial charge in [-0.3, -0.25) is 15.0 Å². The molecule has 0 aliphatic heterocycles. The van der Waals surface area contributed by atoms with Gasteiger partial charge >= 0.3 is 0 Å². The normalized spacial score (nSPS) is 11.6. The van der Waals surface area contributed by atoms with Crippen LogP contribution in [0.1, 0.15) is 0 Å². The number of para-hydroxylation sites is 2. The van der Waals surface area contributed by atoms with Gasteiger partial charge in [0.2, 0.25) is 0 Å². The Hall–Kier alpha value is -7.70. The number of pyridine rings is 4. The van der Waals surface area contributed by atoms with Crippen LogP contribution in [0, 0.1) is 0 Å². The Morgan fingerprint density at radius 3 is 1.54 bits per heavy atom. The molecule has 6 heteroatoms. The minimum absolute atomic E-state index is 0.802. The number of benzene rings is 5. The average Bonchev–Trinajstić information content (AvgIpc) is 3.79. The number of fused-ring (bicyclic) bond motifs is 6. The second kappa shape index (κ2) is 13.0. The van der Waals surface area contributed by atoms with Crippen LogP contribution >= 0.6 is 0 Å². The van der Waals surface area contributed by atoms with Crippen LogP contribution in [0.25, 0.3) is 100 Å². The SMILES string of the molecule is c1ccc(-n2c3ccccc3c3ccc(-c4ccc5c6ncccc6n(-c6ccc(-c7cc(-c8ccccn8)nc(-c8ccccn8)c7)cc6)c5c4)cc32)cc1. The quantitative estimate of drug-likeness (QED) is 0.172. The van der Waals surface area contributed by atoms with Crippen LogP contribution in [0.2, 0.25) is 0 Å². The molecule has 0 aliphatic carbocycles. The summed E-state index contributed by atoms with van der Waals surface area (Å²) in [6, 6.07) is 61.8. The van der Waals surface area contributed by atoms with Gasteiger partial charge in [-0.1, -0.05) is 78.9 Å². The van der Waals surface area contributed by atoms with Gasteiger partial charge in [-0.15, -0.1) is 0 Å². The Kier molecular flexibility index (Phi) is 7.38. The van der Waals surface area contributed by atoms with Crippen LogP contribution < -0.4 is 0 Å². The zero-order valence-corrected chi connectivity index (χ0v) is 30.2. The third kappa shape index (κ3) is 5.27. The lowest BCUT2D eigenvalue weighted by molar-refractivity contribution is 1.17. The van der Waals surface area contributed by atoms with Crippen molar-refractivity contribution in [2.24, 2.45) is 0 Å². The van der Waals surface area contributed by atoms with E-state index >= 15 is 0 Å². The monoisotopic (exact) mass is 716 g/mol. The standard InChI is InChI=1S/C50H32N6/c1-2-11-37(12-3-1)55-46-16-5-4-13-39(46)40-24-20-34(31-48(40)55)35-21-25-41-49(32-35)56(47-17-10-28-53-50(41)47)38-22-18-33(19-23-38)36-29-44(42-14-6-8-26-51-42)54-45(30-36)43-15-7-9-27-52-43/h1-32H. The molecule has 11 aromatic rings. The molecule has 0 saturated heterocycles. The van der Waals surface area contributed by atoms with E-state index in [9.17, 15) is 0 Å². The molecule has 6 nitrogen and oxygen atoms in total. The van der Waals surface area contributed by atoms with Crippen molar-refractivity contribution >= 4 is 43.7 Å². The van der Waals surface area contributed by atoms with Crippen LogP contribution in [0.5, 0.6) is 0 Å². The summed E-state index contributed by atoms with van der Waals surface area (Å²) in [7, 11) is 0. The summed E-state index contributed by atoms with van der Waals surface area (Å²) in [5.41, 5.74) is 15.4. The summed E-state index contributed by atoms with van der Waals surface area (Å²) in [5.74, 6) is 0. The van der Waals surface area contributed by atoms with E-state index in [1.165, 1.54) is 21.8 Å². The van der Waals surface area contributed by atoms with E-state index in [-0.39, 0.29) is 0 Å². The molecule has 56 heavy (non-hydrogen) atoms. The topological polar surface area (TPSA) is 61.4 Å². The molecular weight excluding hydrogens is 685 g/mol. The fourth-order valence-electron chi connectivity index (χ4n) is 8.09. The van der Waals surface area contributed by atoms with E-state index in [0.717, 1.165) is 78.3 Å².